The van der Waals surface area contributed by atoms with E-state index in [1.807, 2.05) is 36.4 Å². The number of aromatic nitrogens is 2. The summed E-state index contributed by atoms with van der Waals surface area (Å²) in [4.78, 5) is 21.7. The van der Waals surface area contributed by atoms with Gasteiger partial charge in [0.2, 0.25) is 0 Å². The van der Waals surface area contributed by atoms with Gasteiger partial charge in [-0.2, -0.15) is 5.26 Å². The van der Waals surface area contributed by atoms with Crippen LogP contribution in [0.2, 0.25) is 0 Å². The van der Waals surface area contributed by atoms with Crippen molar-refractivity contribution in [2.75, 3.05) is 0 Å². The zero-order valence-corrected chi connectivity index (χ0v) is 13.3. The molecule has 0 spiro atoms. The number of pyridine rings is 1. The van der Waals surface area contributed by atoms with Crippen molar-refractivity contribution in [3.8, 4) is 6.07 Å². The Bertz CT molecular complexity index is 1070. The van der Waals surface area contributed by atoms with E-state index in [4.69, 9.17) is 0 Å². The van der Waals surface area contributed by atoms with Gasteiger partial charge < -0.3 is 0 Å². The Morgan fingerprint density at radius 2 is 1.88 bits per heavy atom. The molecule has 0 saturated heterocycles. The molecular formula is C19H11N3OS. The molecule has 0 fully saturated rings. The SMILES string of the molecule is N#CC(C(=O)c1cccc2ncccc12)c1nc2ccccc2s1. The molecule has 0 aliphatic carbocycles. The molecule has 0 saturated carbocycles. The smallest absolute Gasteiger partial charge is 0.187 e. The Morgan fingerprint density at radius 3 is 2.71 bits per heavy atom. The molecule has 0 radical (unpaired) electrons. The molecule has 1 atom stereocenters. The first-order valence-electron chi connectivity index (χ1n) is 7.41. The molecule has 2 heterocycles. The number of carbonyl (C=O) groups is 1. The van der Waals surface area contributed by atoms with Crippen molar-refractivity contribution in [3.63, 3.8) is 0 Å². The van der Waals surface area contributed by atoms with Crippen LogP contribution in [0.25, 0.3) is 21.1 Å². The van der Waals surface area contributed by atoms with Gasteiger partial charge in [-0.3, -0.25) is 9.78 Å². The van der Waals surface area contributed by atoms with Gasteiger partial charge in [-0.15, -0.1) is 11.3 Å². The number of carbonyl (C=O) groups excluding carboxylic acids is 1. The summed E-state index contributed by atoms with van der Waals surface area (Å²) in [5.41, 5.74) is 2.06. The number of nitriles is 1. The molecular weight excluding hydrogens is 318 g/mol. The van der Waals surface area contributed by atoms with Crippen LogP contribution in [0.1, 0.15) is 21.3 Å². The van der Waals surface area contributed by atoms with E-state index in [0.29, 0.717) is 10.6 Å². The molecule has 4 nitrogen and oxygen atoms in total. The minimum Gasteiger partial charge on any atom is -0.292 e. The normalized spacial score (nSPS) is 12.1. The summed E-state index contributed by atoms with van der Waals surface area (Å²) in [7, 11) is 0. The molecule has 4 rings (SSSR count). The Kier molecular flexibility index (Phi) is 3.52. The Labute approximate surface area is 142 Å². The van der Waals surface area contributed by atoms with Crippen molar-refractivity contribution in [2.24, 2.45) is 0 Å². The fraction of sp³-hybridized carbons (Fsp3) is 0.0526. The number of nitrogens with zero attached hydrogens (tertiary/aromatic N) is 3. The van der Waals surface area contributed by atoms with Crippen LogP contribution in [0.5, 0.6) is 0 Å². The second-order valence-corrected chi connectivity index (χ2v) is 6.38. The number of rotatable bonds is 3. The quantitative estimate of drug-likeness (QED) is 0.525. The Hall–Kier alpha value is -3.10. The summed E-state index contributed by atoms with van der Waals surface area (Å²) in [5.74, 6) is -1.15. The minimum absolute atomic E-state index is 0.241. The summed E-state index contributed by atoms with van der Waals surface area (Å²) in [6, 6.07) is 18.8. The molecule has 0 aliphatic heterocycles. The molecule has 4 aromatic rings. The predicted molar refractivity (Wildman–Crippen MR) is 94.0 cm³/mol. The number of Topliss-reactive ketones (excluding diaryl/α,β-unsaturated/α-hetero) is 1. The molecule has 2 aromatic carbocycles. The van der Waals surface area contributed by atoms with Crippen LogP contribution in [0.3, 0.4) is 0 Å². The average Bonchev–Trinajstić information content (AvgIpc) is 3.05. The molecule has 1 unspecified atom stereocenters. The zero-order valence-electron chi connectivity index (χ0n) is 12.5. The van der Waals surface area contributed by atoms with Gasteiger partial charge in [0.15, 0.2) is 11.7 Å². The highest BCUT2D eigenvalue weighted by molar-refractivity contribution is 7.18. The number of benzene rings is 2. The number of ketones is 1. The maximum Gasteiger partial charge on any atom is 0.187 e. The van der Waals surface area contributed by atoms with E-state index < -0.39 is 5.92 Å². The van der Waals surface area contributed by atoms with Crippen molar-refractivity contribution in [1.82, 2.24) is 9.97 Å². The lowest BCUT2D eigenvalue weighted by molar-refractivity contribution is 0.0980. The topological polar surface area (TPSA) is 66.6 Å². The third-order valence-electron chi connectivity index (χ3n) is 3.86. The van der Waals surface area contributed by atoms with Gasteiger partial charge in [0.1, 0.15) is 5.01 Å². The summed E-state index contributed by atoms with van der Waals surface area (Å²) in [6.45, 7) is 0. The number of thiazole rings is 1. The Morgan fingerprint density at radius 1 is 1.04 bits per heavy atom. The average molecular weight is 329 g/mol. The minimum atomic E-state index is -0.909. The van der Waals surface area contributed by atoms with E-state index in [9.17, 15) is 10.1 Å². The van der Waals surface area contributed by atoms with E-state index in [1.54, 1.807) is 24.4 Å². The van der Waals surface area contributed by atoms with Crippen molar-refractivity contribution in [1.29, 1.82) is 5.26 Å². The largest absolute Gasteiger partial charge is 0.292 e. The van der Waals surface area contributed by atoms with E-state index in [2.05, 4.69) is 16.0 Å². The molecule has 5 heteroatoms. The Balaban J connectivity index is 1.83. The van der Waals surface area contributed by atoms with Gasteiger partial charge in [-0.05, 0) is 24.3 Å². The van der Waals surface area contributed by atoms with Gasteiger partial charge in [0.05, 0.1) is 21.8 Å². The predicted octanol–water partition coefficient (Wildman–Crippen LogP) is 4.33. The van der Waals surface area contributed by atoms with E-state index in [0.717, 1.165) is 21.1 Å². The first-order valence-corrected chi connectivity index (χ1v) is 8.22. The zero-order chi connectivity index (χ0) is 16.5. The van der Waals surface area contributed by atoms with Crippen LogP contribution >= 0.6 is 11.3 Å². The van der Waals surface area contributed by atoms with Crippen LogP contribution in [-0.2, 0) is 0 Å². The van der Waals surface area contributed by atoms with Crippen LogP contribution in [0.15, 0.2) is 60.8 Å². The number of fused-ring (bicyclic) bond motifs is 2. The van der Waals surface area contributed by atoms with Crippen LogP contribution in [0, 0.1) is 11.3 Å². The third-order valence-corrected chi connectivity index (χ3v) is 4.96. The van der Waals surface area contributed by atoms with Crippen LogP contribution in [-0.4, -0.2) is 15.8 Å². The number of para-hydroxylation sites is 1. The second-order valence-electron chi connectivity index (χ2n) is 5.32. The molecule has 0 bridgehead atoms. The fourth-order valence-corrected chi connectivity index (χ4v) is 3.72. The lowest BCUT2D eigenvalue weighted by Crippen LogP contribution is -2.11. The highest BCUT2D eigenvalue weighted by Gasteiger charge is 2.26. The van der Waals surface area contributed by atoms with Crippen LogP contribution < -0.4 is 0 Å². The number of hydrogen-bond donors (Lipinski definition) is 0. The molecule has 0 amide bonds. The standard InChI is InChI=1S/C19H11N3OS/c20-11-14(19-22-16-7-1-2-9-17(16)24-19)18(23)13-5-3-8-15-12(13)6-4-10-21-15/h1-10,14H. The summed E-state index contributed by atoms with van der Waals surface area (Å²) >= 11 is 1.39. The first-order chi connectivity index (χ1) is 11.8. The monoisotopic (exact) mass is 329 g/mol. The van der Waals surface area contributed by atoms with Gasteiger partial charge in [-0.1, -0.05) is 30.3 Å². The molecule has 114 valence electrons. The second kappa shape index (κ2) is 5.84. The summed E-state index contributed by atoms with van der Waals surface area (Å²) in [5, 5.41) is 10.9. The molecule has 24 heavy (non-hydrogen) atoms. The maximum absolute atomic E-state index is 13.0. The fourth-order valence-electron chi connectivity index (χ4n) is 2.71. The van der Waals surface area contributed by atoms with Crippen molar-refractivity contribution in [3.05, 3.63) is 71.4 Å². The van der Waals surface area contributed by atoms with Crippen molar-refractivity contribution >= 4 is 38.2 Å². The van der Waals surface area contributed by atoms with E-state index in [1.165, 1.54) is 11.3 Å². The summed E-state index contributed by atoms with van der Waals surface area (Å²) in [6.07, 6.45) is 1.69. The lowest BCUT2D eigenvalue weighted by Gasteiger charge is -2.08. The summed E-state index contributed by atoms with van der Waals surface area (Å²) < 4.78 is 0.972. The highest BCUT2D eigenvalue weighted by Crippen LogP contribution is 2.30. The van der Waals surface area contributed by atoms with Crippen LogP contribution in [0.4, 0.5) is 0 Å². The molecule has 2 aromatic heterocycles. The maximum atomic E-state index is 13.0. The number of hydrogen-bond acceptors (Lipinski definition) is 5. The van der Waals surface area contributed by atoms with Gasteiger partial charge in [-0.25, -0.2) is 4.98 Å². The van der Waals surface area contributed by atoms with Gasteiger partial charge >= 0.3 is 0 Å². The van der Waals surface area contributed by atoms with Gasteiger partial charge in [0.25, 0.3) is 0 Å². The molecule has 0 aliphatic rings. The van der Waals surface area contributed by atoms with Gasteiger partial charge in [0, 0.05) is 17.1 Å². The van der Waals surface area contributed by atoms with Crippen molar-refractivity contribution < 1.29 is 4.79 Å². The lowest BCUT2D eigenvalue weighted by atomic mass is 9.96. The van der Waals surface area contributed by atoms with E-state index >= 15 is 0 Å². The third kappa shape index (κ3) is 2.34. The molecule has 0 N–H and O–H groups in total. The highest BCUT2D eigenvalue weighted by atomic mass is 32.1. The van der Waals surface area contributed by atoms with E-state index in [-0.39, 0.29) is 5.78 Å². The first kappa shape index (κ1) is 14.5. The van der Waals surface area contributed by atoms with Crippen molar-refractivity contribution in [2.45, 2.75) is 5.92 Å².